The van der Waals surface area contributed by atoms with Gasteiger partial charge in [0.2, 0.25) is 11.8 Å². The standard InChI is InChI=1S/C41H46ClF7N4O9/c1-22(2)31(33(55)41(48,49)36(58)50-21-39(43,44)45)52-35(57)32(24-12-16-27(60-6)17-13-24)53-34(56)29(51-37(59)40(46,47)25-8-7-9-26(42)19-25)18-23-10-14-28(15-11-23)61-20-30(54)62-38(3,4)5/h7-17,19,22,29,31-33,55H,18,20-21H2,1-6H3,(H,50,58)(H,51,59)(H,52,57)(H,53,56)/t29-,31-,32-,33+/m0/s1. The van der Waals surface area contributed by atoms with Gasteiger partial charge in [-0.15, -0.1) is 0 Å². The van der Waals surface area contributed by atoms with Crippen molar-refractivity contribution < 1.29 is 74.0 Å². The number of carbonyl (C=O) groups is 5. The second-order valence-electron chi connectivity index (χ2n) is 15.2. The van der Waals surface area contributed by atoms with Crippen LogP contribution in [0.3, 0.4) is 0 Å². The van der Waals surface area contributed by atoms with Crippen LogP contribution in [0.1, 0.15) is 57.4 Å². The summed E-state index contributed by atoms with van der Waals surface area (Å²) in [4.78, 5) is 65.6. The number of halogens is 8. The van der Waals surface area contributed by atoms with Crippen LogP contribution in [0.2, 0.25) is 5.02 Å². The number of amides is 4. The van der Waals surface area contributed by atoms with Gasteiger partial charge in [0.05, 0.1) is 13.2 Å². The van der Waals surface area contributed by atoms with E-state index in [1.165, 1.54) is 81.6 Å². The van der Waals surface area contributed by atoms with E-state index in [1.54, 1.807) is 20.8 Å². The van der Waals surface area contributed by atoms with Crippen molar-refractivity contribution in [3.05, 3.63) is 94.5 Å². The molecule has 0 aliphatic carbocycles. The van der Waals surface area contributed by atoms with Gasteiger partial charge in [0.1, 0.15) is 41.8 Å². The molecular formula is C41H46ClF7N4O9. The lowest BCUT2D eigenvalue weighted by atomic mass is 9.92. The number of hydrogen-bond donors (Lipinski definition) is 5. The molecule has 0 spiro atoms. The highest BCUT2D eigenvalue weighted by molar-refractivity contribution is 6.30. The molecule has 4 amide bonds. The van der Waals surface area contributed by atoms with Crippen LogP contribution in [0.4, 0.5) is 30.7 Å². The molecule has 0 heterocycles. The van der Waals surface area contributed by atoms with Crippen LogP contribution in [0.15, 0.2) is 72.8 Å². The molecule has 5 N–H and O–H groups in total. The minimum Gasteiger partial charge on any atom is -0.497 e. The molecule has 4 atom stereocenters. The minimum atomic E-state index is -5.07. The minimum absolute atomic E-state index is 0.0656. The number of alkyl halides is 7. The lowest BCUT2D eigenvalue weighted by molar-refractivity contribution is -0.175. The van der Waals surface area contributed by atoms with E-state index < -0.39 is 109 Å². The van der Waals surface area contributed by atoms with E-state index in [0.29, 0.717) is 0 Å². The van der Waals surface area contributed by atoms with Gasteiger partial charge in [-0.25, -0.2) is 4.79 Å². The van der Waals surface area contributed by atoms with Gasteiger partial charge < -0.3 is 40.6 Å². The number of aliphatic hydroxyl groups is 1. The predicted molar refractivity (Wildman–Crippen MR) is 209 cm³/mol. The Morgan fingerprint density at radius 2 is 1.37 bits per heavy atom. The number of rotatable bonds is 19. The Bertz CT molecular complexity index is 2030. The maximum absolute atomic E-state index is 15.6. The summed E-state index contributed by atoms with van der Waals surface area (Å²) in [7, 11) is 1.31. The van der Waals surface area contributed by atoms with E-state index in [2.05, 4.69) is 10.6 Å². The van der Waals surface area contributed by atoms with Crippen molar-refractivity contribution in [3.63, 3.8) is 0 Å². The Morgan fingerprint density at radius 3 is 1.90 bits per heavy atom. The van der Waals surface area contributed by atoms with Crippen molar-refractivity contribution in [2.45, 2.75) is 88.9 Å². The quantitative estimate of drug-likeness (QED) is 0.0761. The predicted octanol–water partition coefficient (Wildman–Crippen LogP) is 5.56. The summed E-state index contributed by atoms with van der Waals surface area (Å²) in [5.74, 6) is -17.6. The Hall–Kier alpha value is -5.63. The molecule has 13 nitrogen and oxygen atoms in total. The Balaban J connectivity index is 2.00. The van der Waals surface area contributed by atoms with E-state index >= 15 is 17.6 Å². The molecule has 62 heavy (non-hydrogen) atoms. The maximum Gasteiger partial charge on any atom is 0.405 e. The van der Waals surface area contributed by atoms with Crippen LogP contribution in [-0.4, -0.2) is 90.9 Å². The number of esters is 1. The molecule has 0 saturated heterocycles. The summed E-state index contributed by atoms with van der Waals surface area (Å²) in [6, 6.07) is 9.10. The molecule has 0 aromatic heterocycles. The molecule has 3 rings (SSSR count). The summed E-state index contributed by atoms with van der Waals surface area (Å²) >= 11 is 5.88. The maximum atomic E-state index is 15.6. The normalized spacial score (nSPS) is 14.1. The van der Waals surface area contributed by atoms with Gasteiger partial charge in [0.15, 0.2) is 6.61 Å². The first-order valence-corrected chi connectivity index (χ1v) is 19.1. The van der Waals surface area contributed by atoms with Crippen LogP contribution < -0.4 is 30.7 Å². The number of carbonyl (C=O) groups excluding carboxylic acids is 5. The summed E-state index contributed by atoms with van der Waals surface area (Å²) in [6.45, 7) is 4.83. The topological polar surface area (TPSA) is 181 Å². The number of methoxy groups -OCH3 is 1. The molecule has 0 radical (unpaired) electrons. The average molecular weight is 907 g/mol. The average Bonchev–Trinajstić information content (AvgIpc) is 3.18. The second-order valence-corrected chi connectivity index (χ2v) is 15.6. The molecule has 3 aromatic carbocycles. The van der Waals surface area contributed by atoms with Crippen molar-refractivity contribution in [3.8, 4) is 11.5 Å². The van der Waals surface area contributed by atoms with E-state index in [9.17, 15) is 42.3 Å². The zero-order valence-corrected chi connectivity index (χ0v) is 34.9. The van der Waals surface area contributed by atoms with Gasteiger partial charge in [-0.1, -0.05) is 61.8 Å². The second kappa shape index (κ2) is 21.0. The molecule has 0 aliphatic rings. The number of ether oxygens (including phenoxy) is 3. The first kappa shape index (κ1) is 50.7. The van der Waals surface area contributed by atoms with Crippen molar-refractivity contribution in [2.75, 3.05) is 20.3 Å². The summed E-state index contributed by atoms with van der Waals surface area (Å²) in [5.41, 5.74) is -1.44. The summed E-state index contributed by atoms with van der Waals surface area (Å²) in [5, 5.41) is 17.9. The van der Waals surface area contributed by atoms with Crippen LogP contribution in [0, 0.1) is 5.92 Å². The van der Waals surface area contributed by atoms with E-state index in [-0.39, 0.29) is 27.6 Å². The van der Waals surface area contributed by atoms with Gasteiger partial charge in [-0.2, -0.15) is 30.7 Å². The number of nitrogens with one attached hydrogen (secondary N) is 4. The molecule has 0 aliphatic heterocycles. The fourth-order valence-corrected chi connectivity index (χ4v) is 5.79. The molecule has 0 unspecified atom stereocenters. The molecule has 0 fully saturated rings. The highest BCUT2D eigenvalue weighted by atomic mass is 35.5. The van der Waals surface area contributed by atoms with Gasteiger partial charge >= 0.3 is 24.0 Å². The fraction of sp³-hybridized carbons (Fsp3) is 0.439. The first-order chi connectivity index (χ1) is 28.6. The fourth-order valence-electron chi connectivity index (χ4n) is 5.60. The Labute approximate surface area is 357 Å². The molecular weight excluding hydrogens is 861 g/mol. The van der Waals surface area contributed by atoms with Gasteiger partial charge in [0.25, 0.3) is 11.8 Å². The zero-order chi connectivity index (χ0) is 46.8. The Morgan fingerprint density at radius 1 is 0.774 bits per heavy atom. The van der Waals surface area contributed by atoms with E-state index in [0.717, 1.165) is 17.4 Å². The number of aliphatic hydroxyl groups excluding tert-OH is 1. The van der Waals surface area contributed by atoms with Gasteiger partial charge in [0, 0.05) is 17.0 Å². The van der Waals surface area contributed by atoms with E-state index in [1.807, 2.05) is 5.32 Å². The van der Waals surface area contributed by atoms with Crippen LogP contribution >= 0.6 is 11.6 Å². The number of hydrogen-bond acceptors (Lipinski definition) is 9. The van der Waals surface area contributed by atoms with Crippen LogP contribution in [0.25, 0.3) is 0 Å². The van der Waals surface area contributed by atoms with Gasteiger partial charge in [-0.3, -0.25) is 19.2 Å². The SMILES string of the molecule is COc1ccc([C@H](NC(=O)[C@H](Cc2ccc(OCC(=O)OC(C)(C)C)cc2)NC(=O)C(F)(F)c2cccc(Cl)c2)C(=O)N[C@@H](C(C)C)[C@@H](O)C(F)(F)C(=O)NCC(F)(F)F)cc1. The van der Waals surface area contributed by atoms with Gasteiger partial charge in [-0.05, 0) is 74.2 Å². The summed E-state index contributed by atoms with van der Waals surface area (Å²) in [6.07, 6.45) is -8.70. The van der Waals surface area contributed by atoms with Crippen molar-refractivity contribution in [1.82, 2.24) is 21.3 Å². The Kier molecular flexibility index (Phi) is 17.1. The third-order valence-corrected chi connectivity index (χ3v) is 8.96. The van der Waals surface area contributed by atoms with Crippen molar-refractivity contribution in [2.24, 2.45) is 5.92 Å². The largest absolute Gasteiger partial charge is 0.497 e. The molecule has 340 valence electrons. The van der Waals surface area contributed by atoms with E-state index in [4.69, 9.17) is 25.8 Å². The molecule has 21 heteroatoms. The molecule has 0 saturated carbocycles. The highest BCUT2D eigenvalue weighted by Gasteiger charge is 2.52. The third-order valence-electron chi connectivity index (χ3n) is 8.72. The molecule has 0 bridgehead atoms. The highest BCUT2D eigenvalue weighted by Crippen LogP contribution is 2.31. The third kappa shape index (κ3) is 14.8. The molecule has 3 aromatic rings. The number of benzene rings is 3. The van der Waals surface area contributed by atoms with Crippen molar-refractivity contribution >= 4 is 41.2 Å². The smallest absolute Gasteiger partial charge is 0.405 e. The van der Waals surface area contributed by atoms with Crippen LogP contribution in [0.5, 0.6) is 11.5 Å². The lowest BCUT2D eigenvalue weighted by Crippen LogP contribution is -2.61. The van der Waals surface area contributed by atoms with Crippen molar-refractivity contribution in [1.29, 1.82) is 0 Å². The summed E-state index contributed by atoms with van der Waals surface area (Å²) < 4.78 is 115. The monoisotopic (exact) mass is 906 g/mol. The zero-order valence-electron chi connectivity index (χ0n) is 34.2. The lowest BCUT2D eigenvalue weighted by Gasteiger charge is -2.33. The van der Waals surface area contributed by atoms with Crippen LogP contribution in [-0.2, 0) is 41.1 Å². The first-order valence-electron chi connectivity index (χ1n) is 18.7.